The molecule has 0 saturated carbocycles. The van der Waals surface area contributed by atoms with E-state index in [2.05, 4.69) is 9.97 Å². The van der Waals surface area contributed by atoms with E-state index in [9.17, 15) is 15.0 Å². The molecule has 3 heterocycles. The molecule has 1 saturated heterocycles. The summed E-state index contributed by atoms with van der Waals surface area (Å²) in [4.78, 5) is 24.8. The summed E-state index contributed by atoms with van der Waals surface area (Å²) >= 11 is 10.4. The number of fused-ring (bicyclic) bond motifs is 2. The molecule has 0 bridgehead atoms. The van der Waals surface area contributed by atoms with Crippen LogP contribution in [0.1, 0.15) is 22.3 Å². The molecule has 4 N–H and O–H groups in total. The minimum atomic E-state index is -1.24. The summed E-state index contributed by atoms with van der Waals surface area (Å²) < 4.78 is 11.3. The minimum absolute atomic E-state index is 0.170. The van der Waals surface area contributed by atoms with Crippen LogP contribution in [-0.2, 0) is 25.9 Å². The number of aliphatic hydroxyl groups excluding tert-OH is 2. The molecule has 1 fully saturated rings. The number of H-pyrrole nitrogens is 2. The monoisotopic (exact) mass is 652 g/mol. The molecular weight excluding hydrogens is 621 g/mol. The van der Waals surface area contributed by atoms with Gasteiger partial charge in [-0.15, -0.1) is 0 Å². The number of benzene rings is 4. The highest BCUT2D eigenvalue weighted by molar-refractivity contribution is 7.71. The fraction of sp³-hybridized carbons (Fsp3) is 0.229. The molecule has 234 valence electrons. The number of oxazole rings is 2. The summed E-state index contributed by atoms with van der Waals surface area (Å²) in [5.74, 6) is 0. The highest BCUT2D eigenvalue weighted by Gasteiger charge is 2.46. The maximum absolute atomic E-state index is 14.9. The first-order valence-corrected chi connectivity index (χ1v) is 15.9. The standard InChI is InChI=1S/C35H32N4O5S2/c40-31-27(15-21-7-3-1-4-8-21)38(19-23-11-13-25-29(17-23)43-33(45)36-25)35(42)39(28(32(31)41)16-22-9-5-2-6-10-22)20-24-12-14-26-30(18-24)44-34(46)37-26/h1-14,17-18,27-28,31-32,40-41H,15-16,19-20H2,(H,36,45)(H,37,46)/t27-,28-,31+,32+/m1/s1. The zero-order chi connectivity index (χ0) is 31.8. The lowest BCUT2D eigenvalue weighted by Crippen LogP contribution is -2.50. The Hall–Kier alpha value is -4.55. The number of carbonyl (C=O) groups is 1. The number of aromatic amines is 2. The van der Waals surface area contributed by atoms with Crippen LogP contribution in [-0.4, -0.2) is 60.3 Å². The van der Waals surface area contributed by atoms with E-state index in [1.54, 1.807) is 9.80 Å². The Morgan fingerprint density at radius 3 is 1.43 bits per heavy atom. The molecule has 4 atom stereocenters. The van der Waals surface area contributed by atoms with Crippen LogP contribution in [0.2, 0.25) is 0 Å². The summed E-state index contributed by atoms with van der Waals surface area (Å²) in [6.07, 6.45) is -1.79. The van der Waals surface area contributed by atoms with Crippen molar-refractivity contribution >= 4 is 52.7 Å². The normalized spacial score (nSPS) is 20.4. The van der Waals surface area contributed by atoms with Crippen molar-refractivity contribution in [2.24, 2.45) is 0 Å². The van der Waals surface area contributed by atoms with Gasteiger partial charge in [0.05, 0.1) is 23.1 Å². The second-order valence-corrected chi connectivity index (χ2v) is 12.5. The quantitative estimate of drug-likeness (QED) is 0.135. The van der Waals surface area contributed by atoms with Crippen molar-refractivity contribution in [2.75, 3.05) is 0 Å². The Labute approximate surface area is 274 Å². The number of hydrogen-bond acceptors (Lipinski definition) is 7. The molecule has 0 radical (unpaired) electrons. The van der Waals surface area contributed by atoms with Gasteiger partial charge in [-0.1, -0.05) is 72.8 Å². The molecule has 0 aliphatic carbocycles. The zero-order valence-electron chi connectivity index (χ0n) is 24.7. The Morgan fingerprint density at radius 1 is 0.609 bits per heavy atom. The molecule has 1 aliphatic heterocycles. The Morgan fingerprint density at radius 2 is 1.02 bits per heavy atom. The van der Waals surface area contributed by atoms with Crippen LogP contribution < -0.4 is 0 Å². The molecule has 1 aliphatic rings. The van der Waals surface area contributed by atoms with Crippen LogP contribution in [0.4, 0.5) is 4.79 Å². The van der Waals surface area contributed by atoms with E-state index in [1.807, 2.05) is 97.1 Å². The molecule has 2 aromatic heterocycles. The van der Waals surface area contributed by atoms with E-state index in [0.717, 1.165) is 33.3 Å². The number of nitrogens with one attached hydrogen (secondary N) is 2. The smallest absolute Gasteiger partial charge is 0.321 e. The van der Waals surface area contributed by atoms with Crippen LogP contribution in [0.25, 0.3) is 22.2 Å². The van der Waals surface area contributed by atoms with Crippen LogP contribution in [0.15, 0.2) is 106 Å². The maximum Gasteiger partial charge on any atom is 0.321 e. The fourth-order valence-electron chi connectivity index (χ4n) is 6.39. The highest BCUT2D eigenvalue weighted by atomic mass is 32.1. The third kappa shape index (κ3) is 6.14. The molecule has 46 heavy (non-hydrogen) atoms. The largest absolute Gasteiger partial charge is 0.429 e. The van der Waals surface area contributed by atoms with E-state index < -0.39 is 24.3 Å². The highest BCUT2D eigenvalue weighted by Crippen LogP contribution is 2.31. The van der Waals surface area contributed by atoms with Crippen LogP contribution in [0.3, 0.4) is 0 Å². The molecule has 2 amide bonds. The van der Waals surface area contributed by atoms with Gasteiger partial charge in [-0.05, 0) is 83.8 Å². The number of carbonyl (C=O) groups excluding carboxylic acids is 1. The summed E-state index contributed by atoms with van der Waals surface area (Å²) in [7, 11) is 0. The van der Waals surface area contributed by atoms with Gasteiger partial charge in [-0.25, -0.2) is 4.79 Å². The number of rotatable bonds is 8. The molecule has 6 aromatic rings. The van der Waals surface area contributed by atoms with E-state index in [1.165, 1.54) is 0 Å². The van der Waals surface area contributed by atoms with Gasteiger partial charge < -0.3 is 38.8 Å². The average Bonchev–Trinajstić information content (AvgIpc) is 3.62. The third-order valence-corrected chi connectivity index (χ3v) is 9.05. The van der Waals surface area contributed by atoms with Gasteiger partial charge in [0, 0.05) is 13.1 Å². The minimum Gasteiger partial charge on any atom is -0.429 e. The second kappa shape index (κ2) is 12.7. The van der Waals surface area contributed by atoms with Gasteiger partial charge >= 0.3 is 6.03 Å². The second-order valence-electron chi connectivity index (χ2n) is 11.7. The Bertz CT molecular complexity index is 1960. The van der Waals surface area contributed by atoms with Crippen molar-refractivity contribution in [3.63, 3.8) is 0 Å². The first kappa shape index (κ1) is 30.1. The topological polar surface area (TPSA) is 122 Å². The van der Waals surface area contributed by atoms with E-state index >= 15 is 0 Å². The zero-order valence-corrected chi connectivity index (χ0v) is 26.3. The molecule has 11 heteroatoms. The third-order valence-electron chi connectivity index (χ3n) is 8.68. The Kier molecular flexibility index (Phi) is 8.31. The number of nitrogens with zero attached hydrogens (tertiary/aromatic N) is 2. The number of amides is 2. The lowest BCUT2D eigenvalue weighted by Gasteiger charge is -2.35. The van der Waals surface area contributed by atoms with E-state index in [4.69, 9.17) is 33.3 Å². The van der Waals surface area contributed by atoms with Crippen LogP contribution in [0.5, 0.6) is 0 Å². The molecule has 0 unspecified atom stereocenters. The average molecular weight is 653 g/mol. The lowest BCUT2D eigenvalue weighted by molar-refractivity contribution is -0.0408. The van der Waals surface area contributed by atoms with Gasteiger partial charge in [0.2, 0.25) is 0 Å². The molecular formula is C35H32N4O5S2. The van der Waals surface area contributed by atoms with E-state index in [0.29, 0.717) is 24.0 Å². The van der Waals surface area contributed by atoms with Crippen molar-refractivity contribution in [3.05, 3.63) is 129 Å². The van der Waals surface area contributed by atoms with Crippen molar-refractivity contribution in [1.82, 2.24) is 19.8 Å². The van der Waals surface area contributed by atoms with Crippen LogP contribution in [0, 0.1) is 9.67 Å². The SMILES string of the molecule is O=C1N(Cc2ccc3[nH]c(=S)oc3c2)[C@H](Cc2ccccc2)[C@H](O)[C@@H](O)[C@@H](Cc2ccccc2)N1Cc1ccc2[nH]c(=S)oc2c1. The maximum atomic E-state index is 14.9. The number of aliphatic hydroxyl groups is 2. The predicted octanol–water partition coefficient (Wildman–Crippen LogP) is 6.68. The van der Waals surface area contributed by atoms with Gasteiger partial charge in [-0.2, -0.15) is 0 Å². The van der Waals surface area contributed by atoms with Crippen molar-refractivity contribution < 1.29 is 23.8 Å². The molecule has 9 nitrogen and oxygen atoms in total. The Balaban J connectivity index is 1.32. The van der Waals surface area contributed by atoms with Crippen molar-refractivity contribution in [1.29, 1.82) is 0 Å². The summed E-state index contributed by atoms with van der Waals surface area (Å²) in [5, 5.41) is 23.9. The summed E-state index contributed by atoms with van der Waals surface area (Å²) in [5.41, 5.74) is 6.14. The first-order valence-electron chi connectivity index (χ1n) is 15.1. The summed E-state index contributed by atoms with van der Waals surface area (Å²) in [6, 6.07) is 28.9. The first-order chi connectivity index (χ1) is 22.3. The van der Waals surface area contributed by atoms with Gasteiger partial charge in [0.1, 0.15) is 12.2 Å². The van der Waals surface area contributed by atoms with Crippen molar-refractivity contribution in [2.45, 2.75) is 50.2 Å². The number of aromatic nitrogens is 2. The summed E-state index contributed by atoms with van der Waals surface area (Å²) in [6.45, 7) is 0.340. The predicted molar refractivity (Wildman–Crippen MR) is 179 cm³/mol. The van der Waals surface area contributed by atoms with Crippen LogP contribution >= 0.6 is 24.4 Å². The number of hydrogen-bond donors (Lipinski definition) is 4. The van der Waals surface area contributed by atoms with Gasteiger partial charge in [0.15, 0.2) is 11.2 Å². The van der Waals surface area contributed by atoms with E-state index in [-0.39, 0.29) is 28.8 Å². The van der Waals surface area contributed by atoms with Gasteiger partial charge in [0.25, 0.3) is 9.67 Å². The number of urea groups is 1. The molecule has 7 rings (SSSR count). The fourth-order valence-corrected chi connectivity index (χ4v) is 6.78. The molecule has 4 aromatic carbocycles. The van der Waals surface area contributed by atoms with Crippen molar-refractivity contribution in [3.8, 4) is 0 Å². The lowest BCUT2D eigenvalue weighted by atomic mass is 9.91. The van der Waals surface area contributed by atoms with Gasteiger partial charge in [-0.3, -0.25) is 0 Å². The molecule has 0 spiro atoms.